The van der Waals surface area contributed by atoms with Gasteiger partial charge in [-0.1, -0.05) is 30.3 Å². The van der Waals surface area contributed by atoms with Crippen LogP contribution in [0.15, 0.2) is 76.6 Å². The largest absolute Gasteiger partial charge is 0.502 e. The number of amides is 3. The van der Waals surface area contributed by atoms with Crippen LogP contribution in [-0.4, -0.2) is 64.8 Å². The summed E-state index contributed by atoms with van der Waals surface area (Å²) >= 11 is 1.09. The molecule has 0 unspecified atom stereocenters. The van der Waals surface area contributed by atoms with Crippen LogP contribution in [0.2, 0.25) is 0 Å². The third-order valence-electron chi connectivity index (χ3n) is 6.83. The molecule has 11 nitrogen and oxygen atoms in total. The minimum Gasteiger partial charge on any atom is -0.502 e. The predicted molar refractivity (Wildman–Crippen MR) is 178 cm³/mol. The Bertz CT molecular complexity index is 1630. The monoisotopic (exact) mass is 646 g/mol. The number of nitrogens with one attached hydrogen (secondary N) is 1. The number of thioether (sulfide) groups is 1. The number of amidine groups is 1. The van der Waals surface area contributed by atoms with Crippen LogP contribution < -0.4 is 25.3 Å². The zero-order valence-electron chi connectivity index (χ0n) is 26.6. The number of carbonyl (C=O) groups is 3. The Morgan fingerprint density at radius 2 is 1.65 bits per heavy atom. The fraction of sp³-hybridized carbons (Fsp3) is 0.294. The van der Waals surface area contributed by atoms with Crippen molar-refractivity contribution in [2.45, 2.75) is 51.8 Å². The van der Waals surface area contributed by atoms with Crippen molar-refractivity contribution in [3.63, 3.8) is 0 Å². The van der Waals surface area contributed by atoms with E-state index in [4.69, 9.17) is 19.9 Å². The maximum absolute atomic E-state index is 13.8. The molecule has 1 fully saturated rings. The van der Waals surface area contributed by atoms with Gasteiger partial charge in [-0.25, -0.2) is 4.99 Å². The van der Waals surface area contributed by atoms with Crippen molar-refractivity contribution < 1.29 is 33.7 Å². The zero-order valence-corrected chi connectivity index (χ0v) is 27.4. The van der Waals surface area contributed by atoms with E-state index in [1.165, 1.54) is 19.1 Å². The third kappa shape index (κ3) is 8.39. The first kappa shape index (κ1) is 33.9. The smallest absolute Gasteiger partial charge is 0.267 e. The lowest BCUT2D eigenvalue weighted by Crippen LogP contribution is -2.53. The molecule has 242 valence electrons. The number of carbonyl (C=O) groups excluding carboxylic acids is 3. The van der Waals surface area contributed by atoms with Crippen molar-refractivity contribution in [1.82, 2.24) is 10.2 Å². The summed E-state index contributed by atoms with van der Waals surface area (Å²) in [4.78, 5) is 46.0. The highest BCUT2D eigenvalue weighted by Gasteiger charge is 2.40. The van der Waals surface area contributed by atoms with Crippen molar-refractivity contribution in [3.8, 4) is 23.0 Å². The molecule has 4 N–H and O–H groups in total. The number of aliphatic imine (C=N–C) groups is 1. The summed E-state index contributed by atoms with van der Waals surface area (Å²) in [6.45, 7) is 7.39. The van der Waals surface area contributed by atoms with E-state index in [2.05, 4.69) is 10.3 Å². The van der Waals surface area contributed by atoms with E-state index in [-0.39, 0.29) is 39.3 Å². The van der Waals surface area contributed by atoms with Gasteiger partial charge in [-0.05, 0) is 93.1 Å². The number of primary amides is 1. The maximum atomic E-state index is 13.8. The first-order chi connectivity index (χ1) is 21.8. The number of phenolic OH excluding ortho intramolecular Hbond substituents is 1. The molecule has 0 radical (unpaired) electrons. The summed E-state index contributed by atoms with van der Waals surface area (Å²) in [5, 5.41) is 13.3. The summed E-state index contributed by atoms with van der Waals surface area (Å²) in [6, 6.07) is 17.3. The SMILES string of the molecule is COc1cc(/C=C2\S/C(=N\c3ccccc3)N([C@@H](C)C(=O)N[C@@H](Cc3ccc(OC(C)(C)C)cc3)C(N)=O)C2=O)cc(OC)c1O. The molecule has 0 aliphatic carbocycles. The van der Waals surface area contributed by atoms with Gasteiger partial charge in [-0.15, -0.1) is 0 Å². The number of ether oxygens (including phenoxy) is 3. The molecule has 4 rings (SSSR count). The van der Waals surface area contributed by atoms with Gasteiger partial charge in [-0.3, -0.25) is 19.3 Å². The van der Waals surface area contributed by atoms with E-state index in [0.717, 1.165) is 17.3 Å². The maximum Gasteiger partial charge on any atom is 0.267 e. The molecule has 12 heteroatoms. The molecular formula is C34H38N4O7S. The number of para-hydroxylation sites is 1. The number of nitrogens with two attached hydrogens (primary N) is 1. The van der Waals surface area contributed by atoms with Crippen molar-refractivity contribution in [2.24, 2.45) is 10.7 Å². The van der Waals surface area contributed by atoms with Crippen LogP contribution in [0.5, 0.6) is 23.0 Å². The Balaban J connectivity index is 1.60. The van der Waals surface area contributed by atoms with E-state index in [1.54, 1.807) is 49.4 Å². The van der Waals surface area contributed by atoms with Crippen LogP contribution in [-0.2, 0) is 20.8 Å². The second-order valence-electron chi connectivity index (χ2n) is 11.5. The van der Waals surface area contributed by atoms with Crippen LogP contribution in [0.4, 0.5) is 5.69 Å². The Hall–Kier alpha value is -4.97. The number of phenols is 1. The molecule has 1 aliphatic rings. The molecule has 3 amide bonds. The Kier molecular flexibility index (Phi) is 10.6. The van der Waals surface area contributed by atoms with Gasteiger partial charge in [0.1, 0.15) is 23.4 Å². The highest BCUT2D eigenvalue weighted by Crippen LogP contribution is 2.40. The normalized spacial score (nSPS) is 16.3. The van der Waals surface area contributed by atoms with E-state index in [0.29, 0.717) is 17.0 Å². The molecule has 2 atom stereocenters. The molecule has 0 bridgehead atoms. The zero-order chi connectivity index (χ0) is 33.6. The average Bonchev–Trinajstić information content (AvgIpc) is 3.31. The fourth-order valence-electron chi connectivity index (χ4n) is 4.58. The van der Waals surface area contributed by atoms with Crippen LogP contribution in [0.3, 0.4) is 0 Å². The summed E-state index contributed by atoms with van der Waals surface area (Å²) in [7, 11) is 2.81. The minimum atomic E-state index is -1.05. The van der Waals surface area contributed by atoms with E-state index in [9.17, 15) is 19.5 Å². The van der Waals surface area contributed by atoms with E-state index in [1.807, 2.05) is 51.1 Å². The fourth-order valence-corrected chi connectivity index (χ4v) is 5.65. The summed E-state index contributed by atoms with van der Waals surface area (Å²) in [6.07, 6.45) is 1.74. The number of hydrogen-bond acceptors (Lipinski definition) is 9. The van der Waals surface area contributed by atoms with Gasteiger partial charge in [-0.2, -0.15) is 0 Å². The lowest BCUT2D eigenvalue weighted by atomic mass is 10.0. The van der Waals surface area contributed by atoms with E-state index >= 15 is 0 Å². The van der Waals surface area contributed by atoms with Crippen molar-refractivity contribution in [2.75, 3.05) is 14.2 Å². The van der Waals surface area contributed by atoms with Gasteiger partial charge >= 0.3 is 0 Å². The first-order valence-corrected chi connectivity index (χ1v) is 15.3. The van der Waals surface area contributed by atoms with Crippen molar-refractivity contribution in [1.29, 1.82) is 0 Å². The molecular weight excluding hydrogens is 608 g/mol. The molecule has 46 heavy (non-hydrogen) atoms. The standard InChI is InChI=1S/C34H38N4O7S/c1-20(31(41)37-25(30(35)40)16-21-12-14-24(15-13-21)45-34(2,3)4)38-32(42)28(46-33(38)36-23-10-8-7-9-11-23)19-22-17-26(43-5)29(39)27(18-22)44-6/h7-15,17-20,25,39H,16H2,1-6H3,(H2,35,40)(H,37,41)/b28-19-,36-33-/t20-,25-/m0/s1. The van der Waals surface area contributed by atoms with Crippen LogP contribution in [0.25, 0.3) is 6.08 Å². The molecule has 1 saturated heterocycles. The molecule has 1 aliphatic heterocycles. The second kappa shape index (κ2) is 14.4. The highest BCUT2D eigenvalue weighted by atomic mass is 32.2. The Morgan fingerprint density at radius 1 is 1.04 bits per heavy atom. The van der Waals surface area contributed by atoms with Gasteiger partial charge in [0.2, 0.25) is 17.6 Å². The lowest BCUT2D eigenvalue weighted by molar-refractivity contribution is -0.134. The van der Waals surface area contributed by atoms with E-state index < -0.39 is 29.8 Å². The Labute approximate surface area is 272 Å². The van der Waals surface area contributed by atoms with Crippen LogP contribution >= 0.6 is 11.8 Å². The highest BCUT2D eigenvalue weighted by molar-refractivity contribution is 8.18. The van der Waals surface area contributed by atoms with Crippen LogP contribution in [0, 0.1) is 0 Å². The van der Waals surface area contributed by atoms with Crippen LogP contribution in [0.1, 0.15) is 38.8 Å². The van der Waals surface area contributed by atoms with Gasteiger partial charge in [0.25, 0.3) is 5.91 Å². The minimum absolute atomic E-state index is 0.146. The van der Waals surface area contributed by atoms with Gasteiger partial charge in [0.15, 0.2) is 16.7 Å². The topological polar surface area (TPSA) is 153 Å². The predicted octanol–water partition coefficient (Wildman–Crippen LogP) is 4.79. The van der Waals surface area contributed by atoms with Gasteiger partial charge in [0.05, 0.1) is 24.8 Å². The molecule has 0 aromatic heterocycles. The molecule has 0 saturated carbocycles. The summed E-state index contributed by atoms with van der Waals surface area (Å²) < 4.78 is 16.4. The molecule has 1 heterocycles. The van der Waals surface area contributed by atoms with Gasteiger partial charge < -0.3 is 30.4 Å². The number of benzene rings is 3. The molecule has 3 aromatic carbocycles. The second-order valence-corrected chi connectivity index (χ2v) is 12.5. The van der Waals surface area contributed by atoms with Crippen molar-refractivity contribution >= 4 is 46.4 Å². The number of hydrogen-bond donors (Lipinski definition) is 3. The third-order valence-corrected chi connectivity index (χ3v) is 7.81. The number of rotatable bonds is 11. The average molecular weight is 647 g/mol. The summed E-state index contributed by atoms with van der Waals surface area (Å²) in [5.74, 6) is -0.941. The Morgan fingerprint density at radius 3 is 2.20 bits per heavy atom. The molecule has 3 aromatic rings. The van der Waals surface area contributed by atoms with Gasteiger partial charge in [0, 0.05) is 6.42 Å². The summed E-state index contributed by atoms with van der Waals surface area (Å²) in [5.41, 5.74) is 7.19. The number of aromatic hydroxyl groups is 1. The lowest BCUT2D eigenvalue weighted by Gasteiger charge is -2.25. The number of nitrogens with zero attached hydrogens (tertiary/aromatic N) is 2. The molecule has 0 spiro atoms. The number of methoxy groups -OCH3 is 2. The first-order valence-electron chi connectivity index (χ1n) is 14.5. The van der Waals surface area contributed by atoms with Crippen molar-refractivity contribution in [3.05, 3.63) is 82.8 Å². The quantitative estimate of drug-likeness (QED) is 0.252.